The Balaban J connectivity index is 2.39. The van der Waals surface area contributed by atoms with Crippen molar-refractivity contribution in [1.29, 1.82) is 0 Å². The molecule has 1 aliphatic heterocycles. The normalized spacial score (nSPS) is 14.9. The molecule has 1 aromatic rings. The summed E-state index contributed by atoms with van der Waals surface area (Å²) < 4.78 is 1.46. The predicted molar refractivity (Wildman–Crippen MR) is 82.3 cm³/mol. The topological polar surface area (TPSA) is 132 Å². The van der Waals surface area contributed by atoms with Crippen LogP contribution in [0.5, 0.6) is 0 Å². The molecule has 2 rings (SSSR count). The van der Waals surface area contributed by atoms with Crippen LogP contribution in [0.3, 0.4) is 0 Å². The Morgan fingerprint density at radius 3 is 2.57 bits per heavy atom. The van der Waals surface area contributed by atoms with E-state index in [1.165, 1.54) is 11.7 Å². The zero-order chi connectivity index (χ0) is 16.8. The predicted octanol–water partition coefficient (Wildman–Crippen LogP) is -1.50. The zero-order valence-corrected chi connectivity index (χ0v) is 13.7. The number of nitrogens with one attached hydrogen (secondary N) is 2. The van der Waals surface area contributed by atoms with Gasteiger partial charge in [-0.2, -0.15) is 0 Å². The molecule has 0 saturated carbocycles. The van der Waals surface area contributed by atoms with Crippen molar-refractivity contribution in [3.63, 3.8) is 0 Å². The molecule has 23 heavy (non-hydrogen) atoms. The smallest absolute Gasteiger partial charge is 0.280 e. The maximum atomic E-state index is 11.9. The number of rotatable bonds is 2. The lowest BCUT2D eigenvalue weighted by Gasteiger charge is -2.08. The van der Waals surface area contributed by atoms with E-state index in [9.17, 15) is 9.59 Å². The molecule has 2 N–H and O–H groups in total. The highest BCUT2D eigenvalue weighted by atomic mass is 31.0. The highest BCUT2D eigenvalue weighted by molar-refractivity contribution is 7.15. The molecule has 2 amide bonds. The van der Waals surface area contributed by atoms with Gasteiger partial charge in [-0.05, 0) is 16.3 Å². The van der Waals surface area contributed by atoms with E-state index in [1.54, 1.807) is 6.92 Å². The van der Waals surface area contributed by atoms with Gasteiger partial charge in [-0.25, -0.2) is 4.68 Å². The van der Waals surface area contributed by atoms with Crippen LogP contribution >= 0.6 is 9.39 Å². The van der Waals surface area contributed by atoms with Gasteiger partial charge in [0, 0.05) is 13.5 Å². The second kappa shape index (κ2) is 7.63. The second-order valence-corrected chi connectivity index (χ2v) is 4.75. The molecule has 0 bridgehead atoms. The van der Waals surface area contributed by atoms with Crippen molar-refractivity contribution in [2.75, 3.05) is 13.8 Å². The molecular weight excluding hydrogens is 325 g/mol. The summed E-state index contributed by atoms with van der Waals surface area (Å²) in [4.78, 5) is 33.5. The van der Waals surface area contributed by atoms with Gasteiger partial charge < -0.3 is 20.1 Å². The van der Waals surface area contributed by atoms with E-state index in [4.69, 9.17) is 9.68 Å². The molecular formula is C11H16N7O4P. The van der Waals surface area contributed by atoms with Crippen molar-refractivity contribution >= 4 is 32.6 Å². The monoisotopic (exact) mass is 341 g/mol. The van der Waals surface area contributed by atoms with Gasteiger partial charge in [0.25, 0.3) is 18.6 Å². The van der Waals surface area contributed by atoms with Crippen LogP contribution in [0, 0.1) is 6.92 Å². The van der Waals surface area contributed by atoms with E-state index < -0.39 is 11.8 Å². The Labute approximate surface area is 133 Å². The van der Waals surface area contributed by atoms with Crippen LogP contribution in [0.2, 0.25) is 0 Å². The first-order chi connectivity index (χ1) is 11.1. The fourth-order valence-corrected chi connectivity index (χ4v) is 1.99. The van der Waals surface area contributed by atoms with Gasteiger partial charge in [-0.1, -0.05) is 15.5 Å². The molecule has 0 saturated heterocycles. The summed E-state index contributed by atoms with van der Waals surface area (Å²) in [5.74, 6) is -0.860. The summed E-state index contributed by atoms with van der Waals surface area (Å²) >= 11 is 0. The lowest BCUT2D eigenvalue weighted by atomic mass is 10.1. The van der Waals surface area contributed by atoms with Gasteiger partial charge in [0.2, 0.25) is 0 Å². The Kier molecular flexibility index (Phi) is 5.58. The van der Waals surface area contributed by atoms with Gasteiger partial charge >= 0.3 is 0 Å². The lowest BCUT2D eigenvalue weighted by molar-refractivity contribution is -0.115. The van der Waals surface area contributed by atoms with E-state index in [-0.39, 0.29) is 31.2 Å². The number of carbonyl (C=O) groups is 2. The second-order valence-electron chi connectivity index (χ2n) is 4.46. The third kappa shape index (κ3) is 4.01. The van der Waals surface area contributed by atoms with Crippen LogP contribution in [-0.4, -0.2) is 52.1 Å². The first-order valence-corrected chi connectivity index (χ1v) is 7.14. The van der Waals surface area contributed by atoms with Crippen molar-refractivity contribution in [2.45, 2.75) is 19.9 Å². The number of carbonyl (C=O) groups excluding carboxylic acids is 2. The highest BCUT2D eigenvalue weighted by Crippen LogP contribution is 2.09. The number of oxime groups is 2. The summed E-state index contributed by atoms with van der Waals surface area (Å²) in [6.45, 7) is 1.43. The zero-order valence-electron chi connectivity index (χ0n) is 12.6. The highest BCUT2D eigenvalue weighted by Gasteiger charge is 2.21. The van der Waals surface area contributed by atoms with E-state index >= 15 is 0 Å². The molecule has 0 aliphatic carbocycles. The van der Waals surface area contributed by atoms with Gasteiger partial charge in [0.1, 0.15) is 0 Å². The first-order valence-electron chi connectivity index (χ1n) is 6.56. The third-order valence-electron chi connectivity index (χ3n) is 3.00. The summed E-state index contributed by atoms with van der Waals surface area (Å²) in [5, 5.41) is 20.2. The summed E-state index contributed by atoms with van der Waals surface area (Å²) in [6, 6.07) is 0. The standard InChI is InChI=1S/C11H16N7O4P/c1-6-9-3-7(11(20)16-23)14-21-5-22-15-8(10(19)12-2)4-18(9)17-13-6/h3-5,23H2,1-2H3,(H,12,19)(H,16,20). The van der Waals surface area contributed by atoms with E-state index in [2.05, 4.69) is 40.4 Å². The molecule has 1 aliphatic rings. The number of fused-ring (bicyclic) bond motifs is 1. The molecule has 2 heterocycles. The number of nitrogens with zero attached hydrogens (tertiary/aromatic N) is 5. The number of aromatic nitrogens is 3. The van der Waals surface area contributed by atoms with Gasteiger partial charge in [0.05, 0.1) is 17.9 Å². The summed E-state index contributed by atoms with van der Waals surface area (Å²) in [5.41, 5.74) is 1.41. The van der Waals surface area contributed by atoms with Crippen LogP contribution in [0.1, 0.15) is 11.4 Å². The first kappa shape index (κ1) is 16.8. The molecule has 1 unspecified atom stereocenters. The third-order valence-corrected chi connectivity index (χ3v) is 3.27. The molecule has 0 fully saturated rings. The van der Waals surface area contributed by atoms with Gasteiger partial charge in [0.15, 0.2) is 11.4 Å². The van der Waals surface area contributed by atoms with Crippen LogP contribution < -0.4 is 10.4 Å². The maximum absolute atomic E-state index is 11.9. The minimum atomic E-state index is -0.436. The fourth-order valence-electron chi connectivity index (χ4n) is 1.82. The Morgan fingerprint density at radius 2 is 1.91 bits per heavy atom. The average Bonchev–Trinajstić information content (AvgIpc) is 2.88. The van der Waals surface area contributed by atoms with Gasteiger partial charge in [-0.15, -0.1) is 5.10 Å². The molecule has 0 spiro atoms. The van der Waals surface area contributed by atoms with Crippen molar-refractivity contribution in [2.24, 2.45) is 10.3 Å². The quantitative estimate of drug-likeness (QED) is 0.629. The van der Waals surface area contributed by atoms with Crippen molar-refractivity contribution in [3.8, 4) is 0 Å². The van der Waals surface area contributed by atoms with Crippen LogP contribution in [0.4, 0.5) is 0 Å². The number of hydrogen-bond acceptors (Lipinski definition) is 8. The van der Waals surface area contributed by atoms with E-state index in [0.717, 1.165) is 0 Å². The average molecular weight is 341 g/mol. The van der Waals surface area contributed by atoms with Crippen molar-refractivity contribution < 1.29 is 19.3 Å². The minimum Gasteiger partial charge on any atom is -0.354 e. The molecule has 1 atom stereocenters. The lowest BCUT2D eigenvalue weighted by Crippen LogP contribution is -2.32. The molecule has 11 nitrogen and oxygen atoms in total. The Morgan fingerprint density at radius 1 is 1.22 bits per heavy atom. The summed E-state index contributed by atoms with van der Waals surface area (Å²) in [6.07, 6.45) is 0.125. The molecule has 124 valence electrons. The Hall–Kier alpha value is -2.55. The van der Waals surface area contributed by atoms with Crippen LogP contribution in [-0.2, 0) is 32.2 Å². The summed E-state index contributed by atoms with van der Waals surface area (Å²) in [7, 11) is 3.57. The van der Waals surface area contributed by atoms with Gasteiger partial charge in [-0.3, -0.25) is 9.59 Å². The molecule has 12 heteroatoms. The Bertz CT molecular complexity index is 669. The minimum absolute atomic E-state index is 0.0334. The van der Waals surface area contributed by atoms with E-state index in [0.29, 0.717) is 11.4 Å². The van der Waals surface area contributed by atoms with Crippen molar-refractivity contribution in [1.82, 2.24) is 25.4 Å². The molecule has 0 aromatic carbocycles. The fraction of sp³-hybridized carbons (Fsp3) is 0.455. The van der Waals surface area contributed by atoms with Crippen LogP contribution in [0.15, 0.2) is 10.3 Å². The van der Waals surface area contributed by atoms with E-state index in [1.807, 2.05) is 0 Å². The molecule has 0 radical (unpaired) electrons. The van der Waals surface area contributed by atoms with Crippen molar-refractivity contribution in [3.05, 3.63) is 11.4 Å². The largest absolute Gasteiger partial charge is 0.354 e. The number of amides is 2. The SMILES string of the molecule is CNC(=O)C1=NOCON=C(C(=O)NP)Cc2c(C)nnn2C1. The maximum Gasteiger partial charge on any atom is 0.280 e. The number of hydrogen-bond donors (Lipinski definition) is 2. The number of aryl methyl sites for hydroxylation is 1. The molecule has 1 aromatic heterocycles. The van der Waals surface area contributed by atoms with Crippen LogP contribution in [0.25, 0.3) is 0 Å².